The third-order valence-corrected chi connectivity index (χ3v) is 13.5. The average Bonchev–Trinajstić information content (AvgIpc) is 3.47. The smallest absolute Gasteiger partial charge is 0.306 e. The standard InChI is InChI=1S/C76H120O6/c1-4-7-10-13-16-19-21-23-25-27-29-31-33-35-36-37-38-39-40-42-43-45-47-49-51-53-55-57-60-63-66-69-75(78)81-72-73(71-80-74(77)68-65-62-59-18-15-12-9-6-3)82-76(79)70-67-64-61-58-56-54-52-50-48-46-44-41-34-32-30-28-26-24-22-20-17-14-11-8-5-2/h7-8,10-11,16-17,19-20,23-26,29-32,35-36,38-39,41-44,47-50,73H,4-6,9,12-15,18,21-22,27-28,33-34,37,40,45-46,51-72H2,1-3H3/b10-7-,11-8-,19-16-,20-17-,25-23-,26-24-,31-29-,32-30-,36-35-,39-38-,43-42-,44-41-,49-47-,50-48-. The zero-order chi connectivity index (χ0) is 59.2. The molecule has 460 valence electrons. The SMILES string of the molecule is CC/C=C\C/C=C\C/C=C\C/C=C\C/C=C\C/C=C\C/C=C\C/C=C\CCCCCCCCC(=O)OCC(COC(=O)CCCCCCCCCC)OC(=O)CCCCCCCC/C=C\C/C=C\C/C=C\C/C=C\C/C=C\C/C=C\CC. The van der Waals surface area contributed by atoms with Crippen molar-refractivity contribution in [3.05, 3.63) is 170 Å². The first kappa shape index (κ1) is 76.8. The average molecular weight is 1130 g/mol. The van der Waals surface area contributed by atoms with Gasteiger partial charge in [0.2, 0.25) is 0 Å². The predicted molar refractivity (Wildman–Crippen MR) is 357 cm³/mol. The minimum absolute atomic E-state index is 0.0946. The van der Waals surface area contributed by atoms with Gasteiger partial charge in [0.25, 0.3) is 0 Å². The van der Waals surface area contributed by atoms with E-state index in [1.54, 1.807) is 0 Å². The highest BCUT2D eigenvalue weighted by Gasteiger charge is 2.19. The van der Waals surface area contributed by atoms with Crippen molar-refractivity contribution >= 4 is 17.9 Å². The Labute approximate surface area is 504 Å². The van der Waals surface area contributed by atoms with E-state index in [1.807, 2.05) is 0 Å². The van der Waals surface area contributed by atoms with Gasteiger partial charge in [-0.2, -0.15) is 0 Å². The molecule has 6 heteroatoms. The third-order valence-electron chi connectivity index (χ3n) is 13.5. The Kier molecular flexibility index (Phi) is 63.9. The van der Waals surface area contributed by atoms with E-state index in [4.69, 9.17) is 14.2 Å². The molecule has 0 rings (SSSR count). The van der Waals surface area contributed by atoms with Crippen LogP contribution in [0.5, 0.6) is 0 Å². The molecule has 0 aliphatic carbocycles. The predicted octanol–water partition coefficient (Wildman–Crippen LogP) is 23.0. The molecule has 0 bridgehead atoms. The molecule has 0 spiro atoms. The summed E-state index contributed by atoms with van der Waals surface area (Å²) in [6.45, 7) is 6.35. The van der Waals surface area contributed by atoms with Gasteiger partial charge in [-0.3, -0.25) is 14.4 Å². The number of esters is 3. The maximum atomic E-state index is 12.9. The van der Waals surface area contributed by atoms with E-state index in [9.17, 15) is 14.4 Å². The van der Waals surface area contributed by atoms with E-state index in [0.717, 1.165) is 173 Å². The van der Waals surface area contributed by atoms with E-state index < -0.39 is 6.10 Å². The lowest BCUT2D eigenvalue weighted by Crippen LogP contribution is -2.30. The molecule has 0 N–H and O–H groups in total. The van der Waals surface area contributed by atoms with Crippen LogP contribution in [0.1, 0.15) is 271 Å². The maximum absolute atomic E-state index is 12.9. The lowest BCUT2D eigenvalue weighted by Gasteiger charge is -2.18. The summed E-state index contributed by atoms with van der Waals surface area (Å²) in [7, 11) is 0. The van der Waals surface area contributed by atoms with Crippen LogP contribution >= 0.6 is 0 Å². The van der Waals surface area contributed by atoms with E-state index >= 15 is 0 Å². The van der Waals surface area contributed by atoms with Crippen molar-refractivity contribution in [3.8, 4) is 0 Å². The molecule has 0 amide bonds. The summed E-state index contributed by atoms with van der Waals surface area (Å²) in [6.07, 6.45) is 101. The quantitative estimate of drug-likeness (QED) is 0.0261. The van der Waals surface area contributed by atoms with Gasteiger partial charge in [0.15, 0.2) is 6.10 Å². The number of carbonyl (C=O) groups excluding carboxylic acids is 3. The first-order valence-electron chi connectivity index (χ1n) is 33.1. The van der Waals surface area contributed by atoms with Crippen molar-refractivity contribution in [2.75, 3.05) is 13.2 Å². The van der Waals surface area contributed by atoms with Gasteiger partial charge in [-0.25, -0.2) is 0 Å². The highest BCUT2D eigenvalue weighted by molar-refractivity contribution is 5.71. The topological polar surface area (TPSA) is 78.9 Å². The van der Waals surface area contributed by atoms with Gasteiger partial charge in [-0.15, -0.1) is 0 Å². The van der Waals surface area contributed by atoms with Crippen molar-refractivity contribution in [3.63, 3.8) is 0 Å². The van der Waals surface area contributed by atoms with Gasteiger partial charge in [-0.05, 0) is 135 Å². The highest BCUT2D eigenvalue weighted by Crippen LogP contribution is 2.14. The number of unbranched alkanes of at least 4 members (excludes halogenated alkanes) is 19. The zero-order valence-corrected chi connectivity index (χ0v) is 52.7. The summed E-state index contributed by atoms with van der Waals surface area (Å²) in [4.78, 5) is 38.2. The van der Waals surface area contributed by atoms with Crippen LogP contribution in [0.2, 0.25) is 0 Å². The third kappa shape index (κ3) is 65.6. The van der Waals surface area contributed by atoms with Gasteiger partial charge in [0, 0.05) is 19.3 Å². The Morgan fingerprint density at radius 1 is 0.256 bits per heavy atom. The Morgan fingerprint density at radius 3 is 0.744 bits per heavy atom. The van der Waals surface area contributed by atoms with Gasteiger partial charge in [-0.1, -0.05) is 287 Å². The molecule has 1 atom stereocenters. The molecule has 0 saturated carbocycles. The maximum Gasteiger partial charge on any atom is 0.306 e. The number of hydrogen-bond donors (Lipinski definition) is 0. The molecule has 82 heavy (non-hydrogen) atoms. The van der Waals surface area contributed by atoms with Crippen molar-refractivity contribution < 1.29 is 28.6 Å². The first-order chi connectivity index (χ1) is 40.5. The Balaban J connectivity index is 4.28. The van der Waals surface area contributed by atoms with E-state index in [1.165, 1.54) is 57.8 Å². The molecule has 0 aromatic rings. The summed E-state index contributed by atoms with van der Waals surface area (Å²) in [5.41, 5.74) is 0. The van der Waals surface area contributed by atoms with Crippen LogP contribution in [0.25, 0.3) is 0 Å². The second-order valence-corrected chi connectivity index (χ2v) is 21.3. The molecule has 0 aliphatic heterocycles. The number of ether oxygens (including phenoxy) is 3. The summed E-state index contributed by atoms with van der Waals surface area (Å²) in [5.74, 6) is -0.933. The highest BCUT2D eigenvalue weighted by atomic mass is 16.6. The Bertz CT molecular complexity index is 1870. The Morgan fingerprint density at radius 2 is 0.476 bits per heavy atom. The minimum Gasteiger partial charge on any atom is -0.462 e. The van der Waals surface area contributed by atoms with Crippen molar-refractivity contribution in [2.24, 2.45) is 0 Å². The van der Waals surface area contributed by atoms with Crippen LogP contribution in [-0.2, 0) is 28.6 Å². The molecule has 1 unspecified atom stereocenters. The van der Waals surface area contributed by atoms with Crippen LogP contribution in [-0.4, -0.2) is 37.2 Å². The van der Waals surface area contributed by atoms with E-state index in [0.29, 0.717) is 19.3 Å². The second kappa shape index (κ2) is 68.3. The summed E-state index contributed by atoms with van der Waals surface area (Å²) in [6, 6.07) is 0. The first-order valence-corrected chi connectivity index (χ1v) is 33.1. The normalized spacial score (nSPS) is 13.3. The molecular weight excluding hydrogens is 1010 g/mol. The fourth-order valence-electron chi connectivity index (χ4n) is 8.58. The molecule has 0 heterocycles. The van der Waals surface area contributed by atoms with Crippen LogP contribution in [0.3, 0.4) is 0 Å². The minimum atomic E-state index is -0.800. The summed E-state index contributed by atoms with van der Waals surface area (Å²) >= 11 is 0. The monoisotopic (exact) mass is 1130 g/mol. The largest absolute Gasteiger partial charge is 0.462 e. The molecule has 0 aromatic heterocycles. The van der Waals surface area contributed by atoms with Crippen LogP contribution in [0.4, 0.5) is 0 Å². The van der Waals surface area contributed by atoms with Crippen molar-refractivity contribution in [2.45, 2.75) is 277 Å². The van der Waals surface area contributed by atoms with Gasteiger partial charge in [0.05, 0.1) is 0 Å². The van der Waals surface area contributed by atoms with Crippen LogP contribution < -0.4 is 0 Å². The molecule has 0 saturated heterocycles. The molecular formula is C76H120O6. The fraction of sp³-hybridized carbons (Fsp3) is 0.592. The summed E-state index contributed by atoms with van der Waals surface area (Å²) < 4.78 is 16.8. The molecule has 6 nitrogen and oxygen atoms in total. The lowest BCUT2D eigenvalue weighted by molar-refractivity contribution is -0.167. The second-order valence-electron chi connectivity index (χ2n) is 21.3. The van der Waals surface area contributed by atoms with Gasteiger partial charge < -0.3 is 14.2 Å². The lowest BCUT2D eigenvalue weighted by atomic mass is 10.1. The fourth-order valence-corrected chi connectivity index (χ4v) is 8.58. The number of rotatable bonds is 58. The zero-order valence-electron chi connectivity index (χ0n) is 52.7. The van der Waals surface area contributed by atoms with Crippen LogP contribution in [0, 0.1) is 0 Å². The number of carbonyl (C=O) groups is 3. The van der Waals surface area contributed by atoms with Gasteiger partial charge >= 0.3 is 17.9 Å². The van der Waals surface area contributed by atoms with Gasteiger partial charge in [0.1, 0.15) is 13.2 Å². The van der Waals surface area contributed by atoms with Crippen molar-refractivity contribution in [1.82, 2.24) is 0 Å². The molecule has 0 fully saturated rings. The van der Waals surface area contributed by atoms with E-state index in [-0.39, 0.29) is 31.1 Å². The van der Waals surface area contributed by atoms with E-state index in [2.05, 4.69) is 191 Å². The van der Waals surface area contributed by atoms with Crippen LogP contribution in [0.15, 0.2) is 170 Å². The Hall–Kier alpha value is -5.23. The molecule has 0 aliphatic rings. The summed E-state index contributed by atoms with van der Waals surface area (Å²) in [5, 5.41) is 0. The molecule has 0 radical (unpaired) electrons. The van der Waals surface area contributed by atoms with Crippen molar-refractivity contribution in [1.29, 1.82) is 0 Å². The number of hydrogen-bond acceptors (Lipinski definition) is 6. The number of allylic oxidation sites excluding steroid dienone is 28. The molecule has 0 aromatic carbocycles.